The van der Waals surface area contributed by atoms with Crippen LogP contribution in [0.1, 0.15) is 18.5 Å². The zero-order valence-corrected chi connectivity index (χ0v) is 12.6. The molecule has 2 heterocycles. The van der Waals surface area contributed by atoms with Crippen LogP contribution >= 0.6 is 0 Å². The standard InChI is InChI=1S/C17H16N4O2/c1-12(13-6-3-2-4-7-13)20-15(22)10-21-11-19-16-14(17(21)23)8-5-9-18-16/h2-9,11-12H,10H2,1H3,(H,20,22). The third-order valence-electron chi connectivity index (χ3n) is 3.59. The van der Waals surface area contributed by atoms with Crippen LogP contribution in [0.25, 0.3) is 11.0 Å². The molecule has 2 aromatic heterocycles. The van der Waals surface area contributed by atoms with Crippen molar-refractivity contribution in [2.45, 2.75) is 19.5 Å². The van der Waals surface area contributed by atoms with Crippen molar-refractivity contribution in [1.29, 1.82) is 0 Å². The Morgan fingerprint density at radius 2 is 1.96 bits per heavy atom. The van der Waals surface area contributed by atoms with Gasteiger partial charge in [-0.1, -0.05) is 30.3 Å². The van der Waals surface area contributed by atoms with Gasteiger partial charge in [-0.05, 0) is 24.6 Å². The van der Waals surface area contributed by atoms with E-state index in [9.17, 15) is 9.59 Å². The summed E-state index contributed by atoms with van der Waals surface area (Å²) in [6, 6.07) is 12.8. The Hall–Kier alpha value is -3.02. The molecule has 0 fully saturated rings. The maximum Gasteiger partial charge on any atom is 0.263 e. The zero-order chi connectivity index (χ0) is 16.2. The lowest BCUT2D eigenvalue weighted by atomic mass is 10.1. The molecule has 1 N–H and O–H groups in total. The maximum atomic E-state index is 12.3. The van der Waals surface area contributed by atoms with Gasteiger partial charge in [-0.2, -0.15) is 0 Å². The van der Waals surface area contributed by atoms with E-state index in [4.69, 9.17) is 0 Å². The van der Waals surface area contributed by atoms with Gasteiger partial charge in [0.25, 0.3) is 5.56 Å². The van der Waals surface area contributed by atoms with Gasteiger partial charge in [-0.25, -0.2) is 9.97 Å². The Morgan fingerprint density at radius 3 is 2.74 bits per heavy atom. The fraction of sp³-hybridized carbons (Fsp3) is 0.176. The molecular weight excluding hydrogens is 292 g/mol. The first kappa shape index (κ1) is 14.9. The Balaban J connectivity index is 1.76. The van der Waals surface area contributed by atoms with Gasteiger partial charge in [0.1, 0.15) is 12.9 Å². The molecule has 3 rings (SSSR count). The molecule has 0 bridgehead atoms. The van der Waals surface area contributed by atoms with E-state index in [1.54, 1.807) is 18.3 Å². The molecule has 0 spiro atoms. The number of benzene rings is 1. The van der Waals surface area contributed by atoms with Crippen molar-refractivity contribution in [3.05, 3.63) is 70.9 Å². The molecule has 3 aromatic rings. The number of nitrogens with zero attached hydrogens (tertiary/aromatic N) is 3. The number of pyridine rings is 1. The summed E-state index contributed by atoms with van der Waals surface area (Å²) in [4.78, 5) is 32.6. The number of hydrogen-bond acceptors (Lipinski definition) is 4. The normalized spacial score (nSPS) is 12.0. The second-order valence-corrected chi connectivity index (χ2v) is 5.25. The number of hydrogen-bond donors (Lipinski definition) is 1. The minimum Gasteiger partial charge on any atom is -0.348 e. The molecule has 6 heteroatoms. The third kappa shape index (κ3) is 3.26. The number of carbonyl (C=O) groups is 1. The average Bonchev–Trinajstić information content (AvgIpc) is 2.58. The molecule has 0 radical (unpaired) electrons. The molecule has 1 unspecified atom stereocenters. The molecule has 0 saturated heterocycles. The molecule has 1 amide bonds. The van der Waals surface area contributed by atoms with Gasteiger partial charge in [0.15, 0.2) is 5.65 Å². The lowest BCUT2D eigenvalue weighted by molar-refractivity contribution is -0.122. The topological polar surface area (TPSA) is 76.9 Å². The summed E-state index contributed by atoms with van der Waals surface area (Å²) in [5.74, 6) is -0.242. The summed E-state index contributed by atoms with van der Waals surface area (Å²) in [6.45, 7) is 1.83. The van der Waals surface area contributed by atoms with Gasteiger partial charge in [0, 0.05) is 6.20 Å². The summed E-state index contributed by atoms with van der Waals surface area (Å²) in [6.07, 6.45) is 2.93. The van der Waals surface area contributed by atoms with Gasteiger partial charge in [0.2, 0.25) is 5.91 Å². The highest BCUT2D eigenvalue weighted by molar-refractivity contribution is 5.77. The summed E-state index contributed by atoms with van der Waals surface area (Å²) in [7, 11) is 0. The van der Waals surface area contributed by atoms with Crippen molar-refractivity contribution in [3.8, 4) is 0 Å². The smallest absolute Gasteiger partial charge is 0.263 e. The molecule has 23 heavy (non-hydrogen) atoms. The van der Waals surface area contributed by atoms with Crippen LogP contribution in [-0.4, -0.2) is 20.4 Å². The van der Waals surface area contributed by atoms with Crippen molar-refractivity contribution in [2.24, 2.45) is 0 Å². The quantitative estimate of drug-likeness (QED) is 0.795. The van der Waals surface area contributed by atoms with E-state index in [-0.39, 0.29) is 24.1 Å². The Kier molecular flexibility index (Phi) is 4.14. The van der Waals surface area contributed by atoms with Crippen LogP contribution in [0.3, 0.4) is 0 Å². The first-order chi connectivity index (χ1) is 11.1. The van der Waals surface area contributed by atoms with E-state index in [0.717, 1.165) is 5.56 Å². The molecule has 0 aliphatic carbocycles. The van der Waals surface area contributed by atoms with E-state index < -0.39 is 0 Å². The van der Waals surface area contributed by atoms with Crippen LogP contribution in [0, 0.1) is 0 Å². The largest absolute Gasteiger partial charge is 0.348 e. The molecule has 116 valence electrons. The van der Waals surface area contributed by atoms with E-state index in [1.165, 1.54) is 10.9 Å². The summed E-state index contributed by atoms with van der Waals surface area (Å²) >= 11 is 0. The van der Waals surface area contributed by atoms with E-state index in [1.807, 2.05) is 37.3 Å². The van der Waals surface area contributed by atoms with Crippen LogP contribution < -0.4 is 10.9 Å². The number of fused-ring (bicyclic) bond motifs is 1. The van der Waals surface area contributed by atoms with Crippen molar-refractivity contribution in [3.63, 3.8) is 0 Å². The number of carbonyl (C=O) groups excluding carboxylic acids is 1. The lowest BCUT2D eigenvalue weighted by Crippen LogP contribution is -2.34. The molecule has 1 atom stereocenters. The first-order valence-electron chi connectivity index (χ1n) is 7.29. The lowest BCUT2D eigenvalue weighted by Gasteiger charge is -2.14. The summed E-state index contributed by atoms with van der Waals surface area (Å²) in [5.41, 5.74) is 1.12. The summed E-state index contributed by atoms with van der Waals surface area (Å²) in [5, 5.41) is 3.28. The molecule has 6 nitrogen and oxygen atoms in total. The van der Waals surface area contributed by atoms with Crippen molar-refractivity contribution in [1.82, 2.24) is 19.9 Å². The monoisotopic (exact) mass is 308 g/mol. The molecule has 0 saturated carbocycles. The Bertz CT molecular complexity index is 890. The first-order valence-corrected chi connectivity index (χ1v) is 7.29. The van der Waals surface area contributed by atoms with E-state index in [2.05, 4.69) is 15.3 Å². The fourth-order valence-electron chi connectivity index (χ4n) is 2.38. The molecule has 1 aromatic carbocycles. The maximum absolute atomic E-state index is 12.3. The van der Waals surface area contributed by atoms with Crippen LogP contribution in [-0.2, 0) is 11.3 Å². The van der Waals surface area contributed by atoms with Gasteiger partial charge >= 0.3 is 0 Å². The van der Waals surface area contributed by atoms with Gasteiger partial charge in [-0.3, -0.25) is 14.2 Å². The van der Waals surface area contributed by atoms with Crippen LogP contribution in [0.5, 0.6) is 0 Å². The second kappa shape index (κ2) is 6.39. The zero-order valence-electron chi connectivity index (χ0n) is 12.6. The number of amides is 1. The van der Waals surface area contributed by atoms with Crippen molar-refractivity contribution in [2.75, 3.05) is 0 Å². The third-order valence-corrected chi connectivity index (χ3v) is 3.59. The van der Waals surface area contributed by atoms with Gasteiger partial charge < -0.3 is 5.32 Å². The van der Waals surface area contributed by atoms with Gasteiger partial charge in [0.05, 0.1) is 11.4 Å². The second-order valence-electron chi connectivity index (χ2n) is 5.25. The van der Waals surface area contributed by atoms with Gasteiger partial charge in [-0.15, -0.1) is 0 Å². The Labute approximate surface area is 132 Å². The Morgan fingerprint density at radius 1 is 1.17 bits per heavy atom. The van der Waals surface area contributed by atoms with Crippen LogP contribution in [0.4, 0.5) is 0 Å². The van der Waals surface area contributed by atoms with E-state index in [0.29, 0.717) is 11.0 Å². The minimum absolute atomic E-state index is 0.0756. The van der Waals surface area contributed by atoms with Crippen LogP contribution in [0.15, 0.2) is 59.8 Å². The predicted octanol–water partition coefficient (Wildman–Crippen LogP) is 1.67. The highest BCUT2D eigenvalue weighted by Gasteiger charge is 2.12. The van der Waals surface area contributed by atoms with Crippen LogP contribution in [0.2, 0.25) is 0 Å². The SMILES string of the molecule is CC(NC(=O)Cn1cnc2ncccc2c1=O)c1ccccc1. The highest BCUT2D eigenvalue weighted by atomic mass is 16.2. The minimum atomic E-state index is -0.273. The van der Waals surface area contributed by atoms with Crippen molar-refractivity contribution >= 4 is 16.9 Å². The number of aromatic nitrogens is 3. The van der Waals surface area contributed by atoms with E-state index >= 15 is 0 Å². The highest BCUT2D eigenvalue weighted by Crippen LogP contribution is 2.10. The predicted molar refractivity (Wildman–Crippen MR) is 86.8 cm³/mol. The molecule has 0 aliphatic heterocycles. The van der Waals surface area contributed by atoms with Crippen molar-refractivity contribution < 1.29 is 4.79 Å². The fourth-order valence-corrected chi connectivity index (χ4v) is 2.38. The molecular formula is C17H16N4O2. The molecule has 0 aliphatic rings. The average molecular weight is 308 g/mol. The number of rotatable bonds is 4. The summed E-state index contributed by atoms with van der Waals surface area (Å²) < 4.78 is 1.29. The number of nitrogens with one attached hydrogen (secondary N) is 1.